The van der Waals surface area contributed by atoms with Gasteiger partial charge in [-0.05, 0) is 32.2 Å². The Morgan fingerprint density at radius 1 is 1.59 bits per heavy atom. The molecular formula is C13H24N4. The highest BCUT2D eigenvalue weighted by Crippen LogP contribution is 2.33. The number of hydrogen-bond donors (Lipinski definition) is 1. The Bertz CT molecular complexity index is 356. The average molecular weight is 236 g/mol. The van der Waals surface area contributed by atoms with Crippen LogP contribution in [0.1, 0.15) is 37.8 Å². The molecule has 2 N–H and O–H groups in total. The van der Waals surface area contributed by atoms with Crippen LogP contribution < -0.4 is 5.73 Å². The van der Waals surface area contributed by atoms with Crippen LogP contribution >= 0.6 is 0 Å². The van der Waals surface area contributed by atoms with Crippen LogP contribution in [-0.2, 0) is 7.05 Å². The molecule has 2 unspecified atom stereocenters. The van der Waals surface area contributed by atoms with Crippen LogP contribution in [-0.4, -0.2) is 34.3 Å². The highest BCUT2D eigenvalue weighted by atomic mass is 15.2. The first-order valence-electron chi connectivity index (χ1n) is 6.56. The monoisotopic (exact) mass is 236 g/mol. The van der Waals surface area contributed by atoms with Gasteiger partial charge in [0.05, 0.1) is 12.2 Å². The predicted octanol–water partition coefficient (Wildman–Crippen LogP) is 1.54. The molecule has 17 heavy (non-hydrogen) atoms. The smallest absolute Gasteiger partial charge is 0.0538 e. The van der Waals surface area contributed by atoms with E-state index in [-0.39, 0.29) is 6.04 Å². The molecule has 4 nitrogen and oxygen atoms in total. The maximum atomic E-state index is 6.28. The van der Waals surface area contributed by atoms with Gasteiger partial charge in [-0.3, -0.25) is 9.58 Å². The average Bonchev–Trinajstić information content (AvgIpc) is 3.00. The molecule has 2 atom stereocenters. The summed E-state index contributed by atoms with van der Waals surface area (Å²) in [5.74, 6) is 0.892. The summed E-state index contributed by atoms with van der Waals surface area (Å²) in [6.45, 7) is 3.31. The van der Waals surface area contributed by atoms with Crippen LogP contribution in [0.2, 0.25) is 0 Å². The largest absolute Gasteiger partial charge is 0.326 e. The lowest BCUT2D eigenvalue weighted by Crippen LogP contribution is -2.39. The summed E-state index contributed by atoms with van der Waals surface area (Å²) in [5, 5.41) is 4.27. The third kappa shape index (κ3) is 3.07. The van der Waals surface area contributed by atoms with Gasteiger partial charge in [0, 0.05) is 31.4 Å². The lowest BCUT2D eigenvalue weighted by atomic mass is 9.99. The van der Waals surface area contributed by atoms with Gasteiger partial charge in [0.2, 0.25) is 0 Å². The first-order chi connectivity index (χ1) is 8.11. The second kappa shape index (κ2) is 5.19. The van der Waals surface area contributed by atoms with Crippen LogP contribution in [0.25, 0.3) is 0 Å². The summed E-state index contributed by atoms with van der Waals surface area (Å²) in [5.41, 5.74) is 7.52. The first-order valence-corrected chi connectivity index (χ1v) is 6.56. The third-order valence-electron chi connectivity index (χ3n) is 3.66. The van der Waals surface area contributed by atoms with Crippen molar-refractivity contribution in [3.05, 3.63) is 18.0 Å². The predicted molar refractivity (Wildman–Crippen MR) is 69.6 cm³/mol. The molecular weight excluding hydrogens is 212 g/mol. The number of aromatic nitrogens is 2. The number of aryl methyl sites for hydroxylation is 1. The standard InChI is InChI=1S/C13H24N4/c1-4-12(14)13(11-7-15-17(3)9-11)16(2)8-10-5-6-10/h7,9-10,12-13H,4-6,8,14H2,1-3H3. The minimum absolute atomic E-state index is 0.183. The quantitative estimate of drug-likeness (QED) is 0.815. The van der Waals surface area contributed by atoms with Crippen LogP contribution in [0.3, 0.4) is 0 Å². The second-order valence-corrected chi connectivity index (χ2v) is 5.35. The zero-order valence-electron chi connectivity index (χ0n) is 11.1. The maximum Gasteiger partial charge on any atom is 0.0538 e. The van der Waals surface area contributed by atoms with Gasteiger partial charge in [-0.2, -0.15) is 5.10 Å². The molecule has 0 amide bonds. The first kappa shape index (κ1) is 12.6. The van der Waals surface area contributed by atoms with Crippen molar-refractivity contribution in [3.63, 3.8) is 0 Å². The third-order valence-corrected chi connectivity index (χ3v) is 3.66. The molecule has 1 heterocycles. The molecule has 1 aromatic heterocycles. The number of hydrogen-bond acceptors (Lipinski definition) is 3. The van der Waals surface area contributed by atoms with E-state index in [1.807, 2.05) is 17.9 Å². The lowest BCUT2D eigenvalue weighted by Gasteiger charge is -2.31. The summed E-state index contributed by atoms with van der Waals surface area (Å²) >= 11 is 0. The van der Waals surface area contributed by atoms with E-state index in [2.05, 4.69) is 30.2 Å². The van der Waals surface area contributed by atoms with Crippen LogP contribution in [0.5, 0.6) is 0 Å². The van der Waals surface area contributed by atoms with E-state index < -0.39 is 0 Å². The Hall–Kier alpha value is -0.870. The molecule has 0 aliphatic heterocycles. The van der Waals surface area contributed by atoms with Gasteiger partial charge in [0.25, 0.3) is 0 Å². The van der Waals surface area contributed by atoms with E-state index in [1.165, 1.54) is 18.4 Å². The molecule has 2 rings (SSSR count). The minimum Gasteiger partial charge on any atom is -0.326 e. The zero-order chi connectivity index (χ0) is 12.4. The Labute approximate surface area is 104 Å². The van der Waals surface area contributed by atoms with Gasteiger partial charge in [-0.25, -0.2) is 0 Å². The Morgan fingerprint density at radius 2 is 2.29 bits per heavy atom. The summed E-state index contributed by atoms with van der Waals surface area (Å²) < 4.78 is 1.86. The highest BCUT2D eigenvalue weighted by Gasteiger charge is 2.29. The van der Waals surface area contributed by atoms with Crippen LogP contribution in [0.4, 0.5) is 0 Å². The molecule has 0 spiro atoms. The minimum atomic E-state index is 0.183. The molecule has 1 saturated carbocycles. The van der Waals surface area contributed by atoms with Crippen molar-refractivity contribution in [2.24, 2.45) is 18.7 Å². The van der Waals surface area contributed by atoms with Crippen LogP contribution in [0.15, 0.2) is 12.4 Å². The number of rotatable bonds is 6. The Balaban J connectivity index is 2.11. The van der Waals surface area contributed by atoms with Crippen molar-refractivity contribution in [2.45, 2.75) is 38.3 Å². The molecule has 1 fully saturated rings. The van der Waals surface area contributed by atoms with E-state index in [0.717, 1.165) is 18.9 Å². The van der Waals surface area contributed by atoms with Crippen molar-refractivity contribution >= 4 is 0 Å². The lowest BCUT2D eigenvalue weighted by molar-refractivity contribution is 0.202. The number of nitrogens with zero attached hydrogens (tertiary/aromatic N) is 3. The van der Waals surface area contributed by atoms with Crippen LogP contribution in [0, 0.1) is 5.92 Å². The van der Waals surface area contributed by atoms with Gasteiger partial charge in [0.1, 0.15) is 0 Å². The molecule has 1 aliphatic carbocycles. The van der Waals surface area contributed by atoms with Gasteiger partial charge in [-0.15, -0.1) is 0 Å². The van der Waals surface area contributed by atoms with Gasteiger partial charge in [0.15, 0.2) is 0 Å². The number of nitrogens with two attached hydrogens (primary N) is 1. The highest BCUT2D eigenvalue weighted by molar-refractivity contribution is 5.13. The second-order valence-electron chi connectivity index (χ2n) is 5.35. The van der Waals surface area contributed by atoms with Crippen molar-refractivity contribution < 1.29 is 0 Å². The molecule has 0 saturated heterocycles. The van der Waals surface area contributed by atoms with Crippen molar-refractivity contribution in [3.8, 4) is 0 Å². The topological polar surface area (TPSA) is 47.1 Å². The van der Waals surface area contributed by atoms with Gasteiger partial charge >= 0.3 is 0 Å². The SMILES string of the molecule is CCC(N)C(c1cnn(C)c1)N(C)CC1CC1. The normalized spacial score (nSPS) is 19.6. The summed E-state index contributed by atoms with van der Waals surface area (Å²) in [7, 11) is 4.14. The molecule has 0 radical (unpaired) electrons. The summed E-state index contributed by atoms with van der Waals surface area (Å²) in [6, 6.07) is 0.484. The molecule has 4 heteroatoms. The van der Waals surface area contributed by atoms with Gasteiger partial charge in [-0.1, -0.05) is 6.92 Å². The van der Waals surface area contributed by atoms with E-state index in [0.29, 0.717) is 6.04 Å². The molecule has 1 aromatic rings. The fourth-order valence-electron chi connectivity index (χ4n) is 2.47. The molecule has 0 bridgehead atoms. The fraction of sp³-hybridized carbons (Fsp3) is 0.769. The van der Waals surface area contributed by atoms with Crippen molar-refractivity contribution in [1.82, 2.24) is 14.7 Å². The summed E-state index contributed by atoms with van der Waals surface area (Å²) in [4.78, 5) is 2.41. The molecule has 0 aromatic carbocycles. The zero-order valence-corrected chi connectivity index (χ0v) is 11.1. The summed E-state index contributed by atoms with van der Waals surface area (Å²) in [6.07, 6.45) is 7.79. The van der Waals surface area contributed by atoms with Crippen molar-refractivity contribution in [1.29, 1.82) is 0 Å². The van der Waals surface area contributed by atoms with E-state index in [1.54, 1.807) is 0 Å². The van der Waals surface area contributed by atoms with E-state index in [4.69, 9.17) is 5.73 Å². The maximum absolute atomic E-state index is 6.28. The fourth-order valence-corrected chi connectivity index (χ4v) is 2.47. The van der Waals surface area contributed by atoms with E-state index >= 15 is 0 Å². The molecule has 96 valence electrons. The Kier molecular flexibility index (Phi) is 3.84. The number of likely N-dealkylation sites (N-methyl/N-ethyl adjacent to an activating group) is 1. The van der Waals surface area contributed by atoms with Gasteiger partial charge < -0.3 is 5.73 Å². The van der Waals surface area contributed by atoms with E-state index in [9.17, 15) is 0 Å². The Morgan fingerprint density at radius 3 is 2.76 bits per heavy atom. The van der Waals surface area contributed by atoms with Crippen molar-refractivity contribution in [2.75, 3.05) is 13.6 Å². The molecule has 1 aliphatic rings.